The maximum atomic E-state index is 14.4. The largest absolute Gasteiger partial charge is 0.456 e. The van der Waals surface area contributed by atoms with Gasteiger partial charge in [0.2, 0.25) is 0 Å². The number of rotatable bonds is 6. The van der Waals surface area contributed by atoms with Crippen molar-refractivity contribution in [2.24, 2.45) is 22.7 Å². The van der Waals surface area contributed by atoms with Crippen LogP contribution in [0, 0.1) is 22.7 Å². The van der Waals surface area contributed by atoms with Crippen molar-refractivity contribution >= 4 is 21.2 Å². The van der Waals surface area contributed by atoms with Crippen LogP contribution in [-0.2, 0) is 23.6 Å². The number of ether oxygens (including phenoxy) is 2. The van der Waals surface area contributed by atoms with Gasteiger partial charge in [0.25, 0.3) is 0 Å². The molecule has 1 aromatic rings. The molecule has 1 aliphatic heterocycles. The van der Waals surface area contributed by atoms with Gasteiger partial charge in [-0.15, -0.1) is 0 Å². The van der Waals surface area contributed by atoms with Crippen LogP contribution < -0.4 is 0 Å². The fraction of sp³-hybridized carbons (Fsp3) is 0.688. The Morgan fingerprint density at radius 2 is 1.71 bits per heavy atom. The van der Waals surface area contributed by atoms with E-state index < -0.39 is 82.1 Å². The van der Waals surface area contributed by atoms with E-state index in [0.29, 0.717) is 5.57 Å². The first-order valence-electron chi connectivity index (χ1n) is 14.7. The van der Waals surface area contributed by atoms with Crippen molar-refractivity contribution in [1.82, 2.24) is 0 Å². The molecule has 3 aliphatic rings. The zero-order valence-electron chi connectivity index (χ0n) is 25.8. The van der Waals surface area contributed by atoms with Crippen LogP contribution in [0.2, 0.25) is 0 Å². The first-order valence-corrected chi connectivity index (χ1v) is 15.1. The minimum absolute atomic E-state index is 0.0180. The molecule has 1 heterocycles. The Labute approximate surface area is 250 Å². The van der Waals surface area contributed by atoms with Gasteiger partial charge in [0, 0.05) is 33.1 Å². The number of benzene rings is 1. The summed E-state index contributed by atoms with van der Waals surface area (Å²) in [4.78, 5) is 27.5. The van der Waals surface area contributed by atoms with Crippen molar-refractivity contribution in [3.8, 4) is 0 Å². The number of Topliss-reactive ketones (excluding diaryl/α,β-unsaturated/α-hetero) is 1. The van der Waals surface area contributed by atoms with Crippen LogP contribution in [0.5, 0.6) is 0 Å². The first-order chi connectivity index (χ1) is 19.4. The lowest BCUT2D eigenvalue weighted by Crippen LogP contribution is -2.78. The predicted octanol–water partition coefficient (Wildman–Crippen LogP) is 3.09. The van der Waals surface area contributed by atoms with Gasteiger partial charge in [-0.2, -0.15) is 0 Å². The lowest BCUT2D eigenvalue weighted by molar-refractivity contribution is -0.330. The van der Waals surface area contributed by atoms with Crippen molar-refractivity contribution in [1.29, 1.82) is 0 Å². The monoisotopic (exact) mass is 606 g/mol. The maximum Gasteiger partial charge on any atom is 0.336 e. The Morgan fingerprint density at radius 3 is 2.24 bits per heavy atom. The van der Waals surface area contributed by atoms with Crippen molar-refractivity contribution in [3.63, 3.8) is 0 Å². The van der Waals surface area contributed by atoms with E-state index in [0.717, 1.165) is 5.56 Å². The second kappa shape index (κ2) is 11.3. The molecule has 0 radical (unpaired) electrons. The van der Waals surface area contributed by atoms with Crippen molar-refractivity contribution in [2.75, 3.05) is 6.61 Å². The van der Waals surface area contributed by atoms with Gasteiger partial charge in [-0.05, 0) is 50.3 Å². The third kappa shape index (κ3) is 4.80. The summed E-state index contributed by atoms with van der Waals surface area (Å²) < 4.78 is 17.1. The Bertz CT molecular complexity index is 1230. The Kier molecular flexibility index (Phi) is 8.96. The number of hydrogen-bond acceptors (Lipinski definition) is 9. The van der Waals surface area contributed by atoms with E-state index in [1.165, 1.54) is 0 Å². The molecule has 0 spiro atoms. The first kappa shape index (κ1) is 33.2. The van der Waals surface area contributed by atoms with Gasteiger partial charge in [0.15, 0.2) is 11.9 Å². The molecule has 0 aromatic heterocycles. The number of carbonyl (C=O) groups is 2. The zero-order chi connectivity index (χ0) is 31.6. The van der Waals surface area contributed by atoms with E-state index in [2.05, 4.69) is 9.47 Å². The minimum atomic E-state index is -1.69. The molecule has 12 atom stereocenters. The summed E-state index contributed by atoms with van der Waals surface area (Å²) in [5.41, 5.74) is -4.13. The molecule has 3 fully saturated rings. The van der Waals surface area contributed by atoms with Gasteiger partial charge >= 0.3 is 5.97 Å². The van der Waals surface area contributed by atoms with Crippen molar-refractivity contribution in [3.05, 3.63) is 47.0 Å². The fourth-order valence-electron chi connectivity index (χ4n) is 7.89. The van der Waals surface area contributed by atoms with Crippen LogP contribution >= 0.6 is 9.47 Å². The summed E-state index contributed by atoms with van der Waals surface area (Å²) in [6.07, 6.45) is -5.10. The molecule has 9 unspecified atom stereocenters. The second-order valence-electron chi connectivity index (χ2n) is 13.6. The van der Waals surface area contributed by atoms with Crippen LogP contribution in [0.1, 0.15) is 73.3 Å². The Morgan fingerprint density at radius 1 is 1.12 bits per heavy atom. The normalized spacial score (nSPS) is 41.2. The summed E-state index contributed by atoms with van der Waals surface area (Å²) in [5, 5.41) is 46.8. The number of ketones is 1. The van der Waals surface area contributed by atoms with E-state index in [4.69, 9.17) is 14.0 Å². The van der Waals surface area contributed by atoms with E-state index in [1.54, 1.807) is 48.5 Å². The summed E-state index contributed by atoms with van der Waals surface area (Å²) in [6.45, 7) is 13.7. The lowest BCUT2D eigenvalue weighted by Gasteiger charge is -2.66. The molecular formula is C32H47O9P. The topological polar surface area (TPSA) is 143 Å². The van der Waals surface area contributed by atoms with Crippen LogP contribution in [0.25, 0.3) is 0 Å². The molecule has 2 saturated carbocycles. The summed E-state index contributed by atoms with van der Waals surface area (Å²) in [5.74, 6) is -3.34. The smallest absolute Gasteiger partial charge is 0.336 e. The Balaban J connectivity index is 1.76. The fourth-order valence-corrected chi connectivity index (χ4v) is 8.28. The van der Waals surface area contributed by atoms with Crippen molar-refractivity contribution in [2.45, 2.75) is 109 Å². The van der Waals surface area contributed by atoms with Gasteiger partial charge in [0.05, 0.1) is 29.8 Å². The van der Waals surface area contributed by atoms with Crippen LogP contribution in [0.3, 0.4) is 0 Å². The van der Waals surface area contributed by atoms with Crippen molar-refractivity contribution < 1.29 is 44.0 Å². The molecule has 1 saturated heterocycles. The van der Waals surface area contributed by atoms with Gasteiger partial charge in [0.1, 0.15) is 17.8 Å². The van der Waals surface area contributed by atoms with Gasteiger partial charge in [-0.1, -0.05) is 58.0 Å². The third-order valence-corrected chi connectivity index (χ3v) is 11.6. The maximum absolute atomic E-state index is 14.4. The van der Waals surface area contributed by atoms with Crippen LogP contribution in [0.4, 0.5) is 0 Å². The average Bonchev–Trinajstić information content (AvgIpc) is 2.94. The molecule has 42 heavy (non-hydrogen) atoms. The lowest BCUT2D eigenvalue weighted by atomic mass is 9.44. The SMILES string of the molecule is C/C(=C1\C(O)C(=O)[C@]2(C)C(OP)CC3OCC3(O)C2[C@H](C)C(C)(O)C1(C)C)C(C)OC(=O)C(O)[C@@H](C)c1ccccc1. The molecule has 0 bridgehead atoms. The molecular weight excluding hydrogens is 559 g/mol. The number of esters is 1. The molecule has 10 heteroatoms. The molecule has 9 nitrogen and oxygen atoms in total. The summed E-state index contributed by atoms with van der Waals surface area (Å²) in [6, 6.07) is 9.13. The highest BCUT2D eigenvalue weighted by atomic mass is 31.0. The highest BCUT2D eigenvalue weighted by Gasteiger charge is 2.73. The van der Waals surface area contributed by atoms with Crippen LogP contribution in [0.15, 0.2) is 41.5 Å². The molecule has 234 valence electrons. The predicted molar refractivity (Wildman–Crippen MR) is 159 cm³/mol. The Hall–Kier alpha value is -1.71. The van der Waals surface area contributed by atoms with E-state index in [-0.39, 0.29) is 18.6 Å². The van der Waals surface area contributed by atoms with Gasteiger partial charge < -0.3 is 34.4 Å². The summed E-state index contributed by atoms with van der Waals surface area (Å²) in [7, 11) is 2.19. The van der Waals surface area contributed by atoms with Crippen LogP contribution in [-0.4, -0.2) is 80.5 Å². The zero-order valence-corrected chi connectivity index (χ0v) is 27.0. The third-order valence-electron chi connectivity index (χ3n) is 11.3. The highest BCUT2D eigenvalue weighted by molar-refractivity contribution is 7.09. The minimum Gasteiger partial charge on any atom is -0.456 e. The van der Waals surface area contributed by atoms with Gasteiger partial charge in [-0.3, -0.25) is 4.79 Å². The number of hydrogen-bond donors (Lipinski definition) is 4. The molecule has 4 rings (SSSR count). The van der Waals surface area contributed by atoms with Gasteiger partial charge in [-0.25, -0.2) is 4.79 Å². The number of carbonyl (C=O) groups excluding carboxylic acids is 2. The molecule has 2 aliphatic carbocycles. The molecule has 0 amide bonds. The standard InChI is InChI=1S/C32H47O9P/c1-16(19(4)40-28(36)24(33)17(2)20-12-10-9-11-13-20)23-25(34)27(35)30(7)21(41-42)14-22-32(38,15-39-22)26(30)18(3)31(8,37)29(23,5)6/h9-13,17-19,21-22,24-26,33-34,37-38H,14-15,42H2,1-8H3/b23-16-/t17-,18-,19?,21?,22?,24?,25?,26?,30+,31?,32?/m0/s1. The quantitative estimate of drug-likeness (QED) is 0.218. The number of aliphatic hydroxyl groups excluding tert-OH is 2. The number of fused-ring (bicyclic) bond motifs is 3. The highest BCUT2D eigenvalue weighted by Crippen LogP contribution is 2.62. The van der Waals surface area contributed by atoms with E-state index >= 15 is 0 Å². The van der Waals surface area contributed by atoms with E-state index in [1.807, 2.05) is 37.3 Å². The second-order valence-corrected chi connectivity index (χ2v) is 13.8. The number of aliphatic hydroxyl groups is 4. The average molecular weight is 607 g/mol. The molecule has 4 N–H and O–H groups in total. The summed E-state index contributed by atoms with van der Waals surface area (Å²) >= 11 is 0. The molecule has 1 aromatic carbocycles. The van der Waals surface area contributed by atoms with E-state index in [9.17, 15) is 30.0 Å².